The van der Waals surface area contributed by atoms with Crippen molar-refractivity contribution in [2.75, 3.05) is 13.1 Å². The molecule has 1 aromatic rings. The second-order valence-corrected chi connectivity index (χ2v) is 6.20. The topological polar surface area (TPSA) is 103 Å². The summed E-state index contributed by atoms with van der Waals surface area (Å²) < 4.78 is 0. The first-order chi connectivity index (χ1) is 10.8. The number of hydrogen-bond acceptors (Lipinski definition) is 4. The molecule has 7 heteroatoms. The number of piperidine rings is 1. The molecule has 0 saturated carbocycles. The molecule has 0 aliphatic carbocycles. The molecule has 2 heterocycles. The fourth-order valence-electron chi connectivity index (χ4n) is 2.75. The number of H-pyrrole nitrogens is 1. The Labute approximate surface area is 134 Å². The van der Waals surface area contributed by atoms with Gasteiger partial charge in [0.15, 0.2) is 0 Å². The van der Waals surface area contributed by atoms with Crippen LogP contribution in [0.1, 0.15) is 43.6 Å². The Kier molecular flexibility index (Phi) is 4.98. The van der Waals surface area contributed by atoms with E-state index in [1.165, 1.54) is 11.1 Å². The molecule has 124 valence electrons. The van der Waals surface area contributed by atoms with E-state index in [0.29, 0.717) is 25.8 Å². The number of allylic oxidation sites excluding steroid dienone is 2. The Morgan fingerprint density at radius 1 is 1.48 bits per heavy atom. The SMILES string of the molecule is CC(C)=CC[C@]1(C(=O)O)CCCN(C(=O)c2c[nH]c(=O)cn2)C1. The number of hydrogen-bond donors (Lipinski definition) is 2. The van der Waals surface area contributed by atoms with E-state index in [4.69, 9.17) is 0 Å². The highest BCUT2D eigenvalue weighted by atomic mass is 16.4. The van der Waals surface area contributed by atoms with Crippen molar-refractivity contribution in [3.05, 3.63) is 40.1 Å². The lowest BCUT2D eigenvalue weighted by atomic mass is 9.76. The van der Waals surface area contributed by atoms with E-state index < -0.39 is 11.4 Å². The highest BCUT2D eigenvalue weighted by molar-refractivity contribution is 5.92. The average molecular weight is 319 g/mol. The van der Waals surface area contributed by atoms with Gasteiger partial charge in [-0.3, -0.25) is 14.4 Å². The Hall–Kier alpha value is -2.44. The molecule has 1 aliphatic heterocycles. The minimum Gasteiger partial charge on any atom is -0.481 e. The van der Waals surface area contributed by atoms with E-state index in [0.717, 1.165) is 11.8 Å². The second kappa shape index (κ2) is 6.76. The van der Waals surface area contributed by atoms with Crippen LogP contribution in [0.15, 0.2) is 28.8 Å². The molecular formula is C16H21N3O4. The Morgan fingerprint density at radius 3 is 2.78 bits per heavy atom. The third-order valence-electron chi connectivity index (χ3n) is 4.11. The maximum atomic E-state index is 12.5. The number of aliphatic carboxylic acids is 1. The number of aromatic amines is 1. The maximum absolute atomic E-state index is 12.5. The van der Waals surface area contributed by atoms with Gasteiger partial charge in [0.25, 0.3) is 11.5 Å². The predicted octanol–water partition coefficient (Wildman–Crippen LogP) is 1.43. The number of likely N-dealkylation sites (tertiary alicyclic amines) is 1. The first-order valence-electron chi connectivity index (χ1n) is 7.55. The molecule has 1 aliphatic rings. The first kappa shape index (κ1) is 16.9. The number of nitrogens with one attached hydrogen (secondary N) is 1. The van der Waals surface area contributed by atoms with Crippen molar-refractivity contribution < 1.29 is 14.7 Å². The van der Waals surface area contributed by atoms with Gasteiger partial charge in [0, 0.05) is 19.3 Å². The van der Waals surface area contributed by atoms with Crippen LogP contribution in [0.3, 0.4) is 0 Å². The minimum absolute atomic E-state index is 0.119. The van der Waals surface area contributed by atoms with Crippen LogP contribution in [-0.4, -0.2) is 44.9 Å². The number of carbonyl (C=O) groups excluding carboxylic acids is 1. The zero-order valence-electron chi connectivity index (χ0n) is 13.3. The van der Waals surface area contributed by atoms with E-state index in [-0.39, 0.29) is 23.7 Å². The van der Waals surface area contributed by atoms with E-state index in [2.05, 4.69) is 9.97 Å². The lowest BCUT2D eigenvalue weighted by Crippen LogP contribution is -2.50. The summed E-state index contributed by atoms with van der Waals surface area (Å²) in [5, 5.41) is 9.68. The van der Waals surface area contributed by atoms with Gasteiger partial charge in [-0.05, 0) is 33.1 Å². The van der Waals surface area contributed by atoms with Gasteiger partial charge in [0.1, 0.15) is 5.69 Å². The number of carbonyl (C=O) groups is 2. The molecular weight excluding hydrogens is 298 g/mol. The Morgan fingerprint density at radius 2 is 2.22 bits per heavy atom. The largest absolute Gasteiger partial charge is 0.481 e. The van der Waals surface area contributed by atoms with Crippen LogP contribution in [0, 0.1) is 5.41 Å². The van der Waals surface area contributed by atoms with Crippen molar-refractivity contribution in [2.45, 2.75) is 33.1 Å². The Bertz CT molecular complexity index is 670. The lowest BCUT2D eigenvalue weighted by Gasteiger charge is -2.39. The van der Waals surface area contributed by atoms with E-state index in [1.807, 2.05) is 19.9 Å². The van der Waals surface area contributed by atoms with Crippen LogP contribution >= 0.6 is 0 Å². The van der Waals surface area contributed by atoms with Gasteiger partial charge in [-0.25, -0.2) is 4.98 Å². The zero-order valence-corrected chi connectivity index (χ0v) is 13.3. The summed E-state index contributed by atoms with van der Waals surface area (Å²) in [6, 6.07) is 0. The lowest BCUT2D eigenvalue weighted by molar-refractivity contribution is -0.151. The molecule has 1 amide bonds. The van der Waals surface area contributed by atoms with E-state index in [9.17, 15) is 19.5 Å². The van der Waals surface area contributed by atoms with Gasteiger partial charge < -0.3 is 15.0 Å². The summed E-state index contributed by atoms with van der Waals surface area (Å²) >= 11 is 0. The molecule has 0 aromatic carbocycles. The average Bonchev–Trinajstić information content (AvgIpc) is 2.53. The number of carboxylic acid groups (broad SMARTS) is 1. The van der Waals surface area contributed by atoms with Crippen molar-refractivity contribution in [1.29, 1.82) is 0 Å². The quantitative estimate of drug-likeness (QED) is 0.817. The van der Waals surface area contributed by atoms with Crippen molar-refractivity contribution >= 4 is 11.9 Å². The summed E-state index contributed by atoms with van der Waals surface area (Å²) in [5.41, 5.74) is -0.180. The summed E-state index contributed by atoms with van der Waals surface area (Å²) in [6.45, 7) is 4.48. The molecule has 1 saturated heterocycles. The zero-order chi connectivity index (χ0) is 17.0. The number of nitrogens with zero attached hydrogens (tertiary/aromatic N) is 2. The first-order valence-corrected chi connectivity index (χ1v) is 7.55. The van der Waals surface area contributed by atoms with Crippen molar-refractivity contribution in [3.63, 3.8) is 0 Å². The van der Waals surface area contributed by atoms with Crippen LogP contribution in [0.2, 0.25) is 0 Å². The molecule has 0 radical (unpaired) electrons. The summed E-state index contributed by atoms with van der Waals surface area (Å²) in [4.78, 5) is 43.1. The Balaban J connectivity index is 2.22. The highest BCUT2D eigenvalue weighted by Crippen LogP contribution is 2.35. The predicted molar refractivity (Wildman–Crippen MR) is 84.1 cm³/mol. The number of carboxylic acids is 1. The molecule has 2 rings (SSSR count). The van der Waals surface area contributed by atoms with E-state index >= 15 is 0 Å². The van der Waals surface area contributed by atoms with Gasteiger partial charge in [-0.2, -0.15) is 0 Å². The third kappa shape index (κ3) is 3.85. The highest BCUT2D eigenvalue weighted by Gasteiger charge is 2.43. The number of aromatic nitrogens is 2. The summed E-state index contributed by atoms with van der Waals surface area (Å²) in [7, 11) is 0. The molecule has 1 atom stereocenters. The van der Waals surface area contributed by atoms with Gasteiger partial charge in [0.05, 0.1) is 11.6 Å². The second-order valence-electron chi connectivity index (χ2n) is 6.20. The third-order valence-corrected chi connectivity index (χ3v) is 4.11. The van der Waals surface area contributed by atoms with Gasteiger partial charge >= 0.3 is 5.97 Å². The molecule has 7 nitrogen and oxygen atoms in total. The van der Waals surface area contributed by atoms with Crippen molar-refractivity contribution in [2.24, 2.45) is 5.41 Å². The van der Waals surface area contributed by atoms with Crippen molar-refractivity contribution in [3.8, 4) is 0 Å². The van der Waals surface area contributed by atoms with Crippen LogP contribution in [0.5, 0.6) is 0 Å². The molecule has 0 unspecified atom stereocenters. The number of rotatable bonds is 4. The fourth-order valence-corrected chi connectivity index (χ4v) is 2.75. The molecule has 1 aromatic heterocycles. The van der Waals surface area contributed by atoms with Crippen LogP contribution < -0.4 is 5.56 Å². The van der Waals surface area contributed by atoms with Crippen molar-refractivity contribution in [1.82, 2.24) is 14.9 Å². The number of amides is 1. The summed E-state index contributed by atoms with van der Waals surface area (Å²) in [5.74, 6) is -1.24. The smallest absolute Gasteiger partial charge is 0.311 e. The standard InChI is InChI=1S/C16H21N3O4/c1-11(2)4-6-16(15(22)23)5-3-7-19(10-16)14(21)12-8-18-13(20)9-17-12/h4,8-9H,3,5-7,10H2,1-2H3,(H,18,20)(H,22,23)/t16-/m1/s1. The van der Waals surface area contributed by atoms with E-state index in [1.54, 1.807) is 0 Å². The minimum atomic E-state index is -0.965. The monoisotopic (exact) mass is 319 g/mol. The molecule has 23 heavy (non-hydrogen) atoms. The van der Waals surface area contributed by atoms with Gasteiger partial charge in [-0.1, -0.05) is 11.6 Å². The summed E-state index contributed by atoms with van der Waals surface area (Å²) in [6.07, 6.45) is 5.77. The van der Waals surface area contributed by atoms with Gasteiger partial charge in [-0.15, -0.1) is 0 Å². The molecule has 0 spiro atoms. The normalized spacial score (nSPS) is 20.9. The fraction of sp³-hybridized carbons (Fsp3) is 0.500. The molecule has 0 bridgehead atoms. The maximum Gasteiger partial charge on any atom is 0.311 e. The van der Waals surface area contributed by atoms with Crippen LogP contribution in [-0.2, 0) is 4.79 Å². The molecule has 2 N–H and O–H groups in total. The van der Waals surface area contributed by atoms with Gasteiger partial charge in [0.2, 0.25) is 0 Å². The van der Waals surface area contributed by atoms with Crippen LogP contribution in [0.25, 0.3) is 0 Å². The van der Waals surface area contributed by atoms with Crippen LogP contribution in [0.4, 0.5) is 0 Å². The molecule has 1 fully saturated rings.